The lowest BCUT2D eigenvalue weighted by molar-refractivity contribution is 0.165. The fraction of sp³-hybridized carbons (Fsp3) is 0.533. The summed E-state index contributed by atoms with van der Waals surface area (Å²) in [5.41, 5.74) is 4.19. The highest BCUT2D eigenvalue weighted by molar-refractivity contribution is 7.07. The average molecular weight is 303 g/mol. The molecule has 1 N–H and O–H groups in total. The summed E-state index contributed by atoms with van der Waals surface area (Å²) in [5, 5.41) is 5.28. The standard InChI is InChI=1S/C15H21N5S/c1-16-15-14(17-4-5-18-15)7-12-3-2-6-20(8-12)9-13-10-21-11-19-13/h4-5,10-12H,2-3,6-9H2,1H3,(H,16,18). The second-order valence-corrected chi connectivity index (χ2v) is 6.25. The third-order valence-electron chi connectivity index (χ3n) is 3.97. The van der Waals surface area contributed by atoms with Crippen molar-refractivity contribution >= 4 is 17.2 Å². The van der Waals surface area contributed by atoms with Crippen molar-refractivity contribution < 1.29 is 0 Å². The lowest BCUT2D eigenvalue weighted by Gasteiger charge is -2.32. The zero-order valence-electron chi connectivity index (χ0n) is 12.3. The highest BCUT2D eigenvalue weighted by Crippen LogP contribution is 2.23. The predicted octanol–water partition coefficient (Wildman–Crippen LogP) is 2.43. The molecular weight excluding hydrogens is 282 g/mol. The molecule has 1 aliphatic heterocycles. The topological polar surface area (TPSA) is 53.9 Å². The van der Waals surface area contributed by atoms with Crippen LogP contribution in [0.2, 0.25) is 0 Å². The van der Waals surface area contributed by atoms with Crippen LogP contribution < -0.4 is 5.32 Å². The van der Waals surface area contributed by atoms with Crippen LogP contribution in [0.5, 0.6) is 0 Å². The molecule has 1 atom stereocenters. The van der Waals surface area contributed by atoms with Crippen molar-refractivity contribution in [2.75, 3.05) is 25.5 Å². The Kier molecular flexibility index (Phi) is 4.77. The van der Waals surface area contributed by atoms with E-state index in [1.165, 1.54) is 25.1 Å². The van der Waals surface area contributed by atoms with Crippen LogP contribution in [-0.2, 0) is 13.0 Å². The highest BCUT2D eigenvalue weighted by Gasteiger charge is 2.22. The van der Waals surface area contributed by atoms with Gasteiger partial charge < -0.3 is 5.32 Å². The minimum Gasteiger partial charge on any atom is -0.372 e. The normalized spacial score (nSPS) is 19.6. The summed E-state index contributed by atoms with van der Waals surface area (Å²) in [6.45, 7) is 3.27. The first kappa shape index (κ1) is 14.4. The summed E-state index contributed by atoms with van der Waals surface area (Å²) in [7, 11) is 1.91. The smallest absolute Gasteiger partial charge is 0.147 e. The Hall–Kier alpha value is -1.53. The van der Waals surface area contributed by atoms with E-state index in [9.17, 15) is 0 Å². The zero-order chi connectivity index (χ0) is 14.5. The van der Waals surface area contributed by atoms with Crippen LogP contribution in [0.1, 0.15) is 24.2 Å². The average Bonchev–Trinajstić information content (AvgIpc) is 3.01. The van der Waals surface area contributed by atoms with Gasteiger partial charge in [0.1, 0.15) is 5.82 Å². The van der Waals surface area contributed by atoms with Gasteiger partial charge in [-0.2, -0.15) is 0 Å². The molecular formula is C15H21N5S. The minimum atomic E-state index is 0.654. The zero-order valence-corrected chi connectivity index (χ0v) is 13.1. The molecule has 112 valence electrons. The third-order valence-corrected chi connectivity index (χ3v) is 4.60. The molecule has 3 rings (SSSR count). The molecule has 1 fully saturated rings. The number of hydrogen-bond acceptors (Lipinski definition) is 6. The molecule has 1 aliphatic rings. The van der Waals surface area contributed by atoms with E-state index in [0.717, 1.165) is 31.0 Å². The number of hydrogen-bond donors (Lipinski definition) is 1. The number of nitrogens with one attached hydrogen (secondary N) is 1. The van der Waals surface area contributed by atoms with Crippen LogP contribution in [-0.4, -0.2) is 40.0 Å². The SMILES string of the molecule is CNc1nccnc1CC1CCCN(Cc2cscn2)C1. The van der Waals surface area contributed by atoms with Gasteiger partial charge in [0.05, 0.1) is 16.9 Å². The van der Waals surface area contributed by atoms with Crippen LogP contribution >= 0.6 is 11.3 Å². The quantitative estimate of drug-likeness (QED) is 0.919. The van der Waals surface area contributed by atoms with Crippen molar-refractivity contribution in [2.24, 2.45) is 5.92 Å². The van der Waals surface area contributed by atoms with E-state index >= 15 is 0 Å². The summed E-state index contributed by atoms with van der Waals surface area (Å²) in [4.78, 5) is 15.7. The van der Waals surface area contributed by atoms with Gasteiger partial charge in [0.25, 0.3) is 0 Å². The van der Waals surface area contributed by atoms with E-state index in [1.54, 1.807) is 23.7 Å². The van der Waals surface area contributed by atoms with Crippen molar-refractivity contribution in [2.45, 2.75) is 25.8 Å². The van der Waals surface area contributed by atoms with Crippen LogP contribution in [0.15, 0.2) is 23.3 Å². The lowest BCUT2D eigenvalue weighted by Crippen LogP contribution is -2.36. The molecule has 3 heterocycles. The number of anilines is 1. The number of thiazole rings is 1. The molecule has 0 radical (unpaired) electrons. The van der Waals surface area contributed by atoms with E-state index in [2.05, 4.69) is 30.5 Å². The summed E-state index contributed by atoms with van der Waals surface area (Å²) in [5.74, 6) is 1.57. The van der Waals surface area contributed by atoms with Gasteiger partial charge >= 0.3 is 0 Å². The van der Waals surface area contributed by atoms with Gasteiger partial charge in [-0.05, 0) is 31.7 Å². The maximum Gasteiger partial charge on any atom is 0.147 e. The van der Waals surface area contributed by atoms with Crippen molar-refractivity contribution in [1.82, 2.24) is 19.9 Å². The molecule has 0 aliphatic carbocycles. The Morgan fingerprint density at radius 3 is 3.05 bits per heavy atom. The molecule has 21 heavy (non-hydrogen) atoms. The van der Waals surface area contributed by atoms with Crippen LogP contribution in [0.4, 0.5) is 5.82 Å². The highest BCUT2D eigenvalue weighted by atomic mass is 32.1. The maximum absolute atomic E-state index is 4.49. The van der Waals surface area contributed by atoms with E-state index < -0.39 is 0 Å². The monoisotopic (exact) mass is 303 g/mol. The first-order chi connectivity index (χ1) is 10.3. The number of rotatable bonds is 5. The molecule has 6 heteroatoms. The Bertz CT molecular complexity index is 557. The predicted molar refractivity (Wildman–Crippen MR) is 85.4 cm³/mol. The molecule has 0 amide bonds. The van der Waals surface area contributed by atoms with E-state index in [-0.39, 0.29) is 0 Å². The Labute approximate surface area is 129 Å². The molecule has 1 unspecified atom stereocenters. The molecule has 0 spiro atoms. The second kappa shape index (κ2) is 6.95. The van der Waals surface area contributed by atoms with Crippen molar-refractivity contribution in [3.8, 4) is 0 Å². The summed E-state index contributed by atoms with van der Waals surface area (Å²) < 4.78 is 0. The van der Waals surface area contributed by atoms with E-state index in [1.807, 2.05) is 12.6 Å². The number of likely N-dealkylation sites (tertiary alicyclic amines) is 1. The first-order valence-corrected chi connectivity index (χ1v) is 8.36. The summed E-state index contributed by atoms with van der Waals surface area (Å²) >= 11 is 1.67. The Morgan fingerprint density at radius 2 is 2.24 bits per heavy atom. The van der Waals surface area contributed by atoms with Gasteiger partial charge in [-0.3, -0.25) is 9.88 Å². The molecule has 2 aromatic heterocycles. The van der Waals surface area contributed by atoms with Crippen LogP contribution in [0.25, 0.3) is 0 Å². The fourth-order valence-corrected chi connectivity index (χ4v) is 3.55. The van der Waals surface area contributed by atoms with E-state index in [4.69, 9.17) is 0 Å². The van der Waals surface area contributed by atoms with Gasteiger partial charge in [0.2, 0.25) is 0 Å². The van der Waals surface area contributed by atoms with Crippen molar-refractivity contribution in [3.05, 3.63) is 34.7 Å². The number of aromatic nitrogens is 3. The number of piperidine rings is 1. The molecule has 2 aromatic rings. The third kappa shape index (κ3) is 3.77. The van der Waals surface area contributed by atoms with Gasteiger partial charge in [-0.1, -0.05) is 0 Å². The summed E-state index contributed by atoms with van der Waals surface area (Å²) in [6.07, 6.45) is 7.05. The van der Waals surface area contributed by atoms with Crippen LogP contribution in [0, 0.1) is 5.92 Å². The Balaban J connectivity index is 1.60. The molecule has 1 saturated heterocycles. The van der Waals surface area contributed by atoms with Gasteiger partial charge in [-0.15, -0.1) is 11.3 Å². The summed E-state index contributed by atoms with van der Waals surface area (Å²) in [6, 6.07) is 0. The molecule has 0 aromatic carbocycles. The molecule has 0 saturated carbocycles. The van der Waals surface area contributed by atoms with Crippen molar-refractivity contribution in [1.29, 1.82) is 0 Å². The fourth-order valence-electron chi connectivity index (χ4n) is 3.00. The lowest BCUT2D eigenvalue weighted by atomic mass is 9.93. The van der Waals surface area contributed by atoms with Gasteiger partial charge in [0.15, 0.2) is 0 Å². The van der Waals surface area contributed by atoms with Crippen molar-refractivity contribution in [3.63, 3.8) is 0 Å². The Morgan fingerprint density at radius 1 is 1.33 bits per heavy atom. The maximum atomic E-state index is 4.49. The van der Waals surface area contributed by atoms with Crippen LogP contribution in [0.3, 0.4) is 0 Å². The van der Waals surface area contributed by atoms with E-state index in [0.29, 0.717) is 5.92 Å². The second-order valence-electron chi connectivity index (χ2n) is 5.53. The minimum absolute atomic E-state index is 0.654. The largest absolute Gasteiger partial charge is 0.372 e. The van der Waals surface area contributed by atoms with Gasteiger partial charge in [-0.25, -0.2) is 9.97 Å². The molecule has 0 bridgehead atoms. The van der Waals surface area contributed by atoms with Gasteiger partial charge in [0, 0.05) is 37.9 Å². The number of nitrogens with zero attached hydrogens (tertiary/aromatic N) is 4. The molecule has 5 nitrogen and oxygen atoms in total. The first-order valence-electron chi connectivity index (χ1n) is 7.42.